The number of aryl methyl sites for hydroxylation is 1. The van der Waals surface area contributed by atoms with Crippen LogP contribution in [0.2, 0.25) is 0 Å². The van der Waals surface area contributed by atoms with Gasteiger partial charge in [0.25, 0.3) is 0 Å². The lowest BCUT2D eigenvalue weighted by Gasteiger charge is -2.60. The Hall–Kier alpha value is -3.05. The number of benzene rings is 1. The molecule has 2 aromatic rings. The van der Waals surface area contributed by atoms with Crippen molar-refractivity contribution >= 4 is 17.5 Å². The Morgan fingerprint density at radius 2 is 1.83 bits per heavy atom. The largest absolute Gasteiger partial charge is 0.457 e. The molecule has 1 fully saturated rings. The van der Waals surface area contributed by atoms with Gasteiger partial charge in [0.15, 0.2) is 11.5 Å². The summed E-state index contributed by atoms with van der Waals surface area (Å²) in [6.45, 7) is 8.77. The third-order valence-electron chi connectivity index (χ3n) is 5.67. The second kappa shape index (κ2) is 7.33. The maximum atomic E-state index is 14.3. The number of rotatable bonds is 4. The highest BCUT2D eigenvalue weighted by atomic mass is 19.1. The fraction of sp³-hybridized carbons (Fsp3) is 0.409. The van der Waals surface area contributed by atoms with E-state index in [4.69, 9.17) is 10.00 Å². The number of aliphatic hydroxyl groups excluding tert-OH is 1. The van der Waals surface area contributed by atoms with Crippen molar-refractivity contribution in [3.63, 3.8) is 0 Å². The fourth-order valence-electron chi connectivity index (χ4n) is 4.25. The van der Waals surface area contributed by atoms with Crippen molar-refractivity contribution in [3.8, 4) is 6.07 Å². The van der Waals surface area contributed by atoms with Crippen LogP contribution in [-0.4, -0.2) is 28.3 Å². The van der Waals surface area contributed by atoms with Crippen LogP contribution in [0, 0.1) is 40.7 Å². The number of nitrogens with zero attached hydrogens (tertiary/aromatic N) is 2. The fourth-order valence-corrected chi connectivity index (χ4v) is 4.25. The number of nitrogens with one attached hydrogen (secondary N) is 1. The molecule has 0 unspecified atom stereocenters. The molecule has 0 radical (unpaired) electrons. The minimum atomic E-state index is -0.994. The van der Waals surface area contributed by atoms with Gasteiger partial charge in [-0.2, -0.15) is 5.26 Å². The number of carbonyl (C=O) groups is 1. The van der Waals surface area contributed by atoms with Crippen molar-refractivity contribution in [1.29, 1.82) is 5.26 Å². The van der Waals surface area contributed by atoms with E-state index < -0.39 is 46.3 Å². The standard InChI is InChI=1S/C22H23F2N3O3/c1-11-6-7-15(13(23)8-11)26-17-12(9-14(24)16(10-25)27-17)18(28)30-20-21(2,3)19(29)22(20,4)5/h6-9,19-20,29H,1-5H3,(H,26,27). The quantitative estimate of drug-likeness (QED) is 0.726. The number of esters is 1. The SMILES string of the molecule is Cc1ccc(Nc2nc(C#N)c(F)cc2C(=O)OC2C(C)(C)C(O)C2(C)C)c(F)c1. The summed E-state index contributed by atoms with van der Waals surface area (Å²) in [5, 5.41) is 22.1. The number of ether oxygens (including phenoxy) is 1. The number of pyridine rings is 1. The molecule has 0 atom stereocenters. The van der Waals surface area contributed by atoms with Crippen LogP contribution in [-0.2, 0) is 4.74 Å². The topological polar surface area (TPSA) is 95.2 Å². The minimum Gasteiger partial charge on any atom is -0.457 e. The van der Waals surface area contributed by atoms with Crippen LogP contribution < -0.4 is 5.32 Å². The highest BCUT2D eigenvalue weighted by Gasteiger charge is 2.63. The molecule has 1 saturated carbocycles. The molecule has 8 heteroatoms. The van der Waals surface area contributed by atoms with E-state index >= 15 is 0 Å². The first-order chi connectivity index (χ1) is 13.9. The summed E-state index contributed by atoms with van der Waals surface area (Å²) < 4.78 is 34.1. The zero-order valence-corrected chi connectivity index (χ0v) is 17.4. The lowest BCUT2D eigenvalue weighted by molar-refractivity contribution is -0.246. The van der Waals surface area contributed by atoms with Gasteiger partial charge in [0, 0.05) is 10.8 Å². The molecule has 1 heterocycles. The molecule has 0 saturated heterocycles. The van der Waals surface area contributed by atoms with Crippen molar-refractivity contribution in [1.82, 2.24) is 4.98 Å². The summed E-state index contributed by atoms with van der Waals surface area (Å²) in [6, 6.07) is 6.84. The zero-order valence-electron chi connectivity index (χ0n) is 17.4. The Kier molecular flexibility index (Phi) is 5.29. The van der Waals surface area contributed by atoms with Gasteiger partial charge >= 0.3 is 5.97 Å². The van der Waals surface area contributed by atoms with Crippen LogP contribution in [0.15, 0.2) is 24.3 Å². The number of halogens is 2. The van der Waals surface area contributed by atoms with Crippen molar-refractivity contribution in [2.45, 2.75) is 46.8 Å². The van der Waals surface area contributed by atoms with Gasteiger partial charge in [0.05, 0.1) is 11.8 Å². The Morgan fingerprint density at radius 3 is 2.40 bits per heavy atom. The van der Waals surface area contributed by atoms with E-state index in [1.165, 1.54) is 12.1 Å². The first-order valence-electron chi connectivity index (χ1n) is 9.42. The van der Waals surface area contributed by atoms with Crippen LogP contribution >= 0.6 is 0 Å². The molecule has 3 rings (SSSR count). The highest BCUT2D eigenvalue weighted by Crippen LogP contribution is 2.55. The first-order valence-corrected chi connectivity index (χ1v) is 9.42. The second-order valence-electron chi connectivity index (χ2n) is 8.77. The van der Waals surface area contributed by atoms with Gasteiger partial charge in [0.2, 0.25) is 0 Å². The molecule has 30 heavy (non-hydrogen) atoms. The van der Waals surface area contributed by atoms with Crippen LogP contribution in [0.4, 0.5) is 20.3 Å². The highest BCUT2D eigenvalue weighted by molar-refractivity contribution is 5.96. The van der Waals surface area contributed by atoms with Crippen LogP contribution in [0.1, 0.15) is 49.3 Å². The van der Waals surface area contributed by atoms with E-state index in [0.29, 0.717) is 5.56 Å². The number of anilines is 2. The summed E-state index contributed by atoms with van der Waals surface area (Å²) in [7, 11) is 0. The zero-order chi connectivity index (χ0) is 22.4. The van der Waals surface area contributed by atoms with Crippen LogP contribution in [0.5, 0.6) is 0 Å². The third-order valence-corrected chi connectivity index (χ3v) is 5.67. The van der Waals surface area contributed by atoms with Gasteiger partial charge in [-0.1, -0.05) is 33.8 Å². The Morgan fingerprint density at radius 1 is 1.20 bits per heavy atom. The first kappa shape index (κ1) is 21.7. The maximum absolute atomic E-state index is 14.3. The van der Waals surface area contributed by atoms with Crippen molar-refractivity contribution in [2.75, 3.05) is 5.32 Å². The summed E-state index contributed by atoms with van der Waals surface area (Å²) in [5.74, 6) is -2.68. The van der Waals surface area contributed by atoms with Crippen molar-refractivity contribution in [2.24, 2.45) is 10.8 Å². The number of aromatic nitrogens is 1. The molecule has 0 spiro atoms. The van der Waals surface area contributed by atoms with E-state index in [1.807, 2.05) is 0 Å². The van der Waals surface area contributed by atoms with Gasteiger partial charge in [-0.05, 0) is 30.7 Å². The maximum Gasteiger partial charge on any atom is 0.342 e. The summed E-state index contributed by atoms with van der Waals surface area (Å²) in [4.78, 5) is 16.8. The van der Waals surface area contributed by atoms with Crippen LogP contribution in [0.25, 0.3) is 0 Å². The minimum absolute atomic E-state index is 0.0115. The predicted octanol–water partition coefficient (Wildman–Crippen LogP) is 4.24. The third kappa shape index (κ3) is 3.50. The number of hydrogen-bond donors (Lipinski definition) is 2. The molecule has 2 N–H and O–H groups in total. The van der Waals surface area contributed by atoms with E-state index in [2.05, 4.69) is 10.3 Å². The molecule has 1 aliphatic carbocycles. The molecular weight excluding hydrogens is 392 g/mol. The number of carbonyl (C=O) groups excluding carboxylic acids is 1. The van der Waals surface area contributed by atoms with Gasteiger partial charge in [0.1, 0.15) is 29.4 Å². The molecule has 0 aliphatic heterocycles. The monoisotopic (exact) mass is 415 g/mol. The van der Waals surface area contributed by atoms with Crippen molar-refractivity contribution < 1.29 is 23.4 Å². The normalized spacial score (nSPS) is 21.3. The van der Waals surface area contributed by atoms with Gasteiger partial charge in [-0.25, -0.2) is 18.6 Å². The second-order valence-corrected chi connectivity index (χ2v) is 8.77. The molecule has 1 aromatic heterocycles. The van der Waals surface area contributed by atoms with E-state index in [-0.39, 0.29) is 17.1 Å². The van der Waals surface area contributed by atoms with Crippen molar-refractivity contribution in [3.05, 3.63) is 52.7 Å². The Labute approximate surface area is 173 Å². The molecule has 1 aliphatic rings. The van der Waals surface area contributed by atoms with E-state index in [9.17, 15) is 18.7 Å². The molecule has 158 valence electrons. The molecule has 1 aromatic carbocycles. The lowest BCUT2D eigenvalue weighted by Crippen LogP contribution is -2.68. The average molecular weight is 415 g/mol. The Bertz CT molecular complexity index is 1040. The van der Waals surface area contributed by atoms with Gasteiger partial charge in [-0.15, -0.1) is 0 Å². The summed E-state index contributed by atoms with van der Waals surface area (Å²) in [5.41, 5.74) is -1.52. The summed E-state index contributed by atoms with van der Waals surface area (Å²) >= 11 is 0. The van der Waals surface area contributed by atoms with Crippen LogP contribution in [0.3, 0.4) is 0 Å². The number of hydrogen-bond acceptors (Lipinski definition) is 6. The molecular formula is C22H23F2N3O3. The van der Waals surface area contributed by atoms with E-state index in [0.717, 1.165) is 6.07 Å². The van der Waals surface area contributed by atoms with E-state index in [1.54, 1.807) is 46.8 Å². The average Bonchev–Trinajstić information content (AvgIpc) is 2.67. The van der Waals surface area contributed by atoms with Gasteiger partial charge in [-0.3, -0.25) is 0 Å². The number of nitriles is 1. The molecule has 6 nitrogen and oxygen atoms in total. The van der Waals surface area contributed by atoms with Gasteiger partial charge < -0.3 is 15.2 Å². The summed E-state index contributed by atoms with van der Waals surface area (Å²) in [6.07, 6.45) is -1.34. The smallest absolute Gasteiger partial charge is 0.342 e. The predicted molar refractivity (Wildman–Crippen MR) is 106 cm³/mol. The molecule has 0 amide bonds. The Balaban J connectivity index is 1.98. The molecule has 0 bridgehead atoms. The lowest BCUT2D eigenvalue weighted by atomic mass is 9.51. The number of aliphatic hydroxyl groups is 1.